The molecule has 0 rings (SSSR count). The van der Waals surface area contributed by atoms with Crippen LogP contribution in [-0.2, 0) is 0 Å². The van der Waals surface area contributed by atoms with Gasteiger partial charge in [0.25, 0.3) is 0 Å². The molecule has 0 aromatic heterocycles. The Morgan fingerprint density at radius 2 is 0.438 bits per heavy atom. The zero-order valence-corrected chi connectivity index (χ0v) is 10.4. The Kier molecular flexibility index (Phi) is 17.9. The molecule has 0 aliphatic carbocycles. The Morgan fingerprint density at radius 3 is 0.438 bits per heavy atom. The molecule has 12 nitrogen and oxygen atoms in total. The van der Waals surface area contributed by atoms with E-state index >= 15 is 0 Å². The SMILES string of the molecule is [O-][Cl+3]([O-])([O-])O.[O-][Cl+3]([O-])([O-])O.[O-][Cl+3]([O-])([O-])O.[Yb]. The van der Waals surface area contributed by atoms with Crippen LogP contribution in [0.15, 0.2) is 0 Å². The summed E-state index contributed by atoms with van der Waals surface area (Å²) < 4.78 is 98.2. The molecule has 0 atom stereocenters. The predicted molar refractivity (Wildman–Crippen MR) is 6.66 cm³/mol. The average Bonchev–Trinajstić information content (AvgIpc) is 1.41. The molecule has 0 amide bonds. The topological polar surface area (TPSA) is 268 Å². The molecule has 0 unspecified atom stereocenters. The Morgan fingerprint density at radius 1 is 0.438 bits per heavy atom. The number of rotatable bonds is 0. The molecule has 0 aliphatic rings. The van der Waals surface area contributed by atoms with Crippen LogP contribution in [0, 0.1) is 77.7 Å². The van der Waals surface area contributed by atoms with Crippen LogP contribution in [0.3, 0.4) is 0 Å². The van der Waals surface area contributed by atoms with Crippen molar-refractivity contribution in [2.45, 2.75) is 0 Å². The van der Waals surface area contributed by atoms with Crippen molar-refractivity contribution in [3.05, 3.63) is 0 Å². The summed E-state index contributed by atoms with van der Waals surface area (Å²) in [5.74, 6) is 0. The van der Waals surface area contributed by atoms with Crippen LogP contribution in [0.2, 0.25) is 0 Å². The molecule has 0 saturated carbocycles. The third-order valence-electron chi connectivity index (χ3n) is 0. The molecule has 110 valence electrons. The predicted octanol–water partition coefficient (Wildman–Crippen LogP) is -12.4. The summed E-state index contributed by atoms with van der Waals surface area (Å²) in [6.07, 6.45) is 0. The minimum Gasteiger partial charge on any atom is -0.183 e. The van der Waals surface area contributed by atoms with Gasteiger partial charge in [0, 0.05) is 46.9 Å². The van der Waals surface area contributed by atoms with Crippen LogP contribution < -0.4 is 41.9 Å². The minimum absolute atomic E-state index is 0. The summed E-state index contributed by atoms with van der Waals surface area (Å²) in [6.45, 7) is 0. The van der Waals surface area contributed by atoms with Crippen LogP contribution in [0.5, 0.6) is 0 Å². The first kappa shape index (κ1) is 26.5. The molecule has 0 radical (unpaired) electrons. The van der Waals surface area contributed by atoms with Gasteiger partial charge in [0.15, 0.2) is 0 Å². The summed E-state index contributed by atoms with van der Waals surface area (Å²) in [7, 11) is -14.1. The maximum atomic E-state index is 8.60. The van der Waals surface area contributed by atoms with Crippen LogP contribution in [0.25, 0.3) is 0 Å². The standard InChI is InChI=1S/3ClHO4.Yb/c3*2-1(3,4)5;/h3*(H,2,3,4,5);. The molecular formula is H3Cl3O12Yb. The quantitative estimate of drug-likeness (QED) is 0.295. The Labute approximate surface area is 132 Å². The third-order valence-corrected chi connectivity index (χ3v) is 0. The van der Waals surface area contributed by atoms with Gasteiger partial charge >= 0.3 is 0 Å². The van der Waals surface area contributed by atoms with E-state index in [0.29, 0.717) is 0 Å². The molecule has 0 bridgehead atoms. The molecule has 16 heteroatoms. The van der Waals surface area contributed by atoms with Gasteiger partial charge in [-0.15, -0.1) is 0 Å². The Bertz CT molecular complexity index is 91.3. The van der Waals surface area contributed by atoms with E-state index in [0.717, 1.165) is 0 Å². The molecular weight excluding hydrogens is 471 g/mol. The molecule has 0 heterocycles. The fourth-order valence-electron chi connectivity index (χ4n) is 0. The van der Waals surface area contributed by atoms with Crippen molar-refractivity contribution in [3.63, 3.8) is 0 Å². The summed E-state index contributed by atoms with van der Waals surface area (Å²) in [5.41, 5.74) is 0. The second-order valence-corrected chi connectivity index (χ2v) is 3.56. The van der Waals surface area contributed by atoms with E-state index in [9.17, 15) is 0 Å². The van der Waals surface area contributed by atoms with Crippen molar-refractivity contribution in [2.24, 2.45) is 0 Å². The maximum Gasteiger partial charge on any atom is 0.0777 e. The Balaban J connectivity index is -0.0000000655. The van der Waals surface area contributed by atoms with Crippen LogP contribution in [-0.4, -0.2) is 14.0 Å². The zero-order chi connectivity index (χ0) is 13.5. The van der Waals surface area contributed by atoms with E-state index in [-0.39, 0.29) is 46.9 Å². The minimum atomic E-state index is -4.69. The van der Waals surface area contributed by atoms with E-state index in [2.05, 4.69) is 0 Å². The van der Waals surface area contributed by atoms with E-state index in [1.54, 1.807) is 0 Å². The van der Waals surface area contributed by atoms with Gasteiger partial charge in [0.2, 0.25) is 0 Å². The van der Waals surface area contributed by atoms with Gasteiger partial charge in [-0.25, -0.2) is 0 Å². The van der Waals surface area contributed by atoms with Crippen molar-refractivity contribution in [3.8, 4) is 0 Å². The van der Waals surface area contributed by atoms with E-state index in [1.165, 1.54) is 0 Å². The van der Waals surface area contributed by atoms with Gasteiger partial charge in [0.1, 0.15) is 0 Å². The summed E-state index contributed by atoms with van der Waals surface area (Å²) in [4.78, 5) is 0. The maximum absolute atomic E-state index is 8.60. The molecule has 0 aliphatic heterocycles. The first-order chi connectivity index (χ1) is 6.00. The van der Waals surface area contributed by atoms with Gasteiger partial charge in [-0.05, 0) is 0 Å². The van der Waals surface area contributed by atoms with Gasteiger partial charge in [-0.3, -0.25) is 0 Å². The fourth-order valence-corrected chi connectivity index (χ4v) is 0. The van der Waals surface area contributed by atoms with Gasteiger partial charge < -0.3 is 0 Å². The molecule has 0 fully saturated rings. The average molecular weight is 474 g/mol. The molecule has 0 saturated heterocycles. The summed E-state index contributed by atoms with van der Waals surface area (Å²) in [6, 6.07) is 0. The van der Waals surface area contributed by atoms with Gasteiger partial charge in [0.05, 0.1) is 44.7 Å². The molecule has 16 heavy (non-hydrogen) atoms. The number of hydrogen-bond acceptors (Lipinski definition) is 12. The van der Waals surface area contributed by atoms with E-state index < -0.39 is 30.7 Å². The monoisotopic (exact) mass is 474 g/mol. The van der Waals surface area contributed by atoms with E-state index in [1.807, 2.05) is 0 Å². The van der Waals surface area contributed by atoms with Gasteiger partial charge in [-0.2, -0.15) is 41.9 Å². The number of halogens is 3. The molecule has 0 spiro atoms. The van der Waals surface area contributed by atoms with Crippen LogP contribution >= 0.6 is 0 Å². The first-order valence-corrected chi connectivity index (χ1v) is 5.69. The molecule has 0 aromatic rings. The van der Waals surface area contributed by atoms with E-state index in [4.69, 9.17) is 55.9 Å². The Hall–Kier alpha value is 1.91. The van der Waals surface area contributed by atoms with Crippen LogP contribution in [0.4, 0.5) is 0 Å². The second kappa shape index (κ2) is 10.8. The van der Waals surface area contributed by atoms with Gasteiger partial charge in [-0.1, -0.05) is 0 Å². The summed E-state index contributed by atoms with van der Waals surface area (Å²) >= 11 is 0. The van der Waals surface area contributed by atoms with Crippen molar-refractivity contribution < 1.29 is 134 Å². The molecule has 0 aromatic carbocycles. The fraction of sp³-hybridized carbons (Fsp3) is 0. The summed E-state index contributed by atoms with van der Waals surface area (Å²) in [5, 5.41) is 0. The largest absolute Gasteiger partial charge is 0.183 e. The third kappa shape index (κ3) is 970. The van der Waals surface area contributed by atoms with Crippen molar-refractivity contribution in [2.75, 3.05) is 0 Å². The van der Waals surface area contributed by atoms with Crippen molar-refractivity contribution in [1.29, 1.82) is 0 Å². The number of hydrogen-bond donors (Lipinski definition) is 3. The smallest absolute Gasteiger partial charge is 0.0777 e. The van der Waals surface area contributed by atoms with Crippen molar-refractivity contribution in [1.82, 2.24) is 0 Å². The first-order valence-electron chi connectivity index (χ1n) is 1.90. The zero-order valence-electron chi connectivity index (χ0n) is 6.42. The second-order valence-electron chi connectivity index (χ2n) is 1.19. The molecule has 3 N–H and O–H groups in total. The van der Waals surface area contributed by atoms with Crippen molar-refractivity contribution >= 4 is 0 Å². The normalized spacial score (nSPS) is 11.2. The van der Waals surface area contributed by atoms with Crippen LogP contribution in [0.1, 0.15) is 0 Å².